The number of nitrogens with one attached hydrogen (secondary N) is 1. The van der Waals surface area contributed by atoms with Gasteiger partial charge in [0.25, 0.3) is 5.56 Å². The molecular formula is C23H26N10O13P2. The van der Waals surface area contributed by atoms with E-state index in [0.29, 0.717) is 0 Å². The third-order valence-corrected chi connectivity index (χ3v) is 9.63. The van der Waals surface area contributed by atoms with Gasteiger partial charge < -0.3 is 40.6 Å². The molecule has 8 N–H and O–H groups in total. The number of phosphoric ester groups is 2. The lowest BCUT2D eigenvalue weighted by molar-refractivity contribution is -0.0682. The number of H-pyrrole nitrogens is 1. The van der Waals surface area contributed by atoms with E-state index in [1.807, 2.05) is 0 Å². The van der Waals surface area contributed by atoms with Crippen LogP contribution in [0.4, 0.5) is 11.8 Å². The highest BCUT2D eigenvalue weighted by Gasteiger charge is 2.54. The lowest BCUT2D eigenvalue weighted by Gasteiger charge is -2.27. The molecule has 4 aromatic rings. The summed E-state index contributed by atoms with van der Waals surface area (Å²) in [7, 11) is -10.2. The third kappa shape index (κ3) is 5.87. The summed E-state index contributed by atoms with van der Waals surface area (Å²) in [5, 5.41) is 11.1. The molecule has 0 radical (unpaired) electrons. The summed E-state index contributed by atoms with van der Waals surface area (Å²) in [4.78, 5) is 56.5. The van der Waals surface area contributed by atoms with E-state index in [-0.39, 0.29) is 40.7 Å². The van der Waals surface area contributed by atoms with E-state index in [2.05, 4.69) is 35.8 Å². The summed E-state index contributed by atoms with van der Waals surface area (Å²) in [6, 6.07) is 0. The lowest BCUT2D eigenvalue weighted by atomic mass is 10.1. The molecule has 3 aliphatic rings. The number of aromatic nitrogens is 8. The quantitative estimate of drug-likeness (QED) is 0.102. The maximum Gasteiger partial charge on any atom is 0.472 e. The Labute approximate surface area is 267 Å². The van der Waals surface area contributed by atoms with Gasteiger partial charge >= 0.3 is 15.6 Å². The van der Waals surface area contributed by atoms with Crippen LogP contribution >= 0.6 is 15.6 Å². The minimum atomic E-state index is -5.13. The number of hydrogen-bond donors (Lipinski definition) is 6. The van der Waals surface area contributed by atoms with E-state index < -0.39 is 83.5 Å². The highest BCUT2D eigenvalue weighted by atomic mass is 31.2. The van der Waals surface area contributed by atoms with Crippen molar-refractivity contribution in [1.82, 2.24) is 39.0 Å². The summed E-state index contributed by atoms with van der Waals surface area (Å²) in [5.41, 5.74) is 11.0. The first-order chi connectivity index (χ1) is 22.9. The molecular weight excluding hydrogens is 686 g/mol. The molecule has 0 aliphatic carbocycles. The van der Waals surface area contributed by atoms with Gasteiger partial charge in [-0.2, -0.15) is 4.98 Å². The maximum absolute atomic E-state index is 13.4. The molecule has 23 nitrogen and oxygen atoms in total. The Morgan fingerprint density at radius 1 is 0.958 bits per heavy atom. The van der Waals surface area contributed by atoms with Crippen molar-refractivity contribution >= 4 is 49.7 Å². The van der Waals surface area contributed by atoms with Gasteiger partial charge in [-0.05, 0) is 0 Å². The van der Waals surface area contributed by atoms with Crippen LogP contribution in [0, 0.1) is 12.3 Å². The van der Waals surface area contributed by atoms with Crippen molar-refractivity contribution in [2.75, 3.05) is 31.3 Å². The van der Waals surface area contributed by atoms with Crippen LogP contribution in [-0.2, 0) is 41.4 Å². The SMILES string of the molecule is C#CCOC1C2OP(=O)(O)OCC3OC(n4cnc5c(=O)[nH]c(N)nc54)C(OP(=O)(O)OCC2OC1n1cnc2c(N)ncnc21)C3O. The summed E-state index contributed by atoms with van der Waals surface area (Å²) in [6.07, 6.45) is -2.90. The normalized spacial score (nSPS) is 35.9. The van der Waals surface area contributed by atoms with Gasteiger partial charge in [0.1, 0.15) is 55.1 Å². The first-order valence-electron chi connectivity index (χ1n) is 13.9. The van der Waals surface area contributed by atoms with Crippen molar-refractivity contribution in [3.8, 4) is 12.3 Å². The van der Waals surface area contributed by atoms with E-state index in [0.717, 1.165) is 10.9 Å². The van der Waals surface area contributed by atoms with Crippen LogP contribution in [0.5, 0.6) is 0 Å². The monoisotopic (exact) mass is 712 g/mol. The van der Waals surface area contributed by atoms with Crippen LogP contribution in [0.3, 0.4) is 0 Å². The van der Waals surface area contributed by atoms with Crippen molar-refractivity contribution in [3.05, 3.63) is 29.3 Å². The molecule has 10 unspecified atom stereocenters. The minimum absolute atomic E-state index is 0.0543. The van der Waals surface area contributed by atoms with Crippen LogP contribution < -0.4 is 17.0 Å². The fourth-order valence-corrected chi connectivity index (χ4v) is 7.49. The van der Waals surface area contributed by atoms with Crippen LogP contribution in [0.15, 0.2) is 23.8 Å². The van der Waals surface area contributed by atoms with E-state index in [1.54, 1.807) is 0 Å². The minimum Gasteiger partial charge on any atom is -0.387 e. The second-order valence-electron chi connectivity index (χ2n) is 10.6. The van der Waals surface area contributed by atoms with Crippen molar-refractivity contribution in [1.29, 1.82) is 0 Å². The van der Waals surface area contributed by atoms with Crippen LogP contribution in [0.25, 0.3) is 22.3 Å². The van der Waals surface area contributed by atoms with Crippen LogP contribution in [0.2, 0.25) is 0 Å². The van der Waals surface area contributed by atoms with Gasteiger partial charge in [-0.1, -0.05) is 5.92 Å². The molecule has 0 spiro atoms. The Bertz CT molecular complexity index is 2070. The first kappa shape index (κ1) is 32.7. The average Bonchev–Trinajstić information content (AvgIpc) is 3.79. The van der Waals surface area contributed by atoms with E-state index in [9.17, 15) is 28.8 Å². The zero-order valence-corrected chi connectivity index (χ0v) is 25.9. The molecule has 0 amide bonds. The Balaban J connectivity index is 1.23. The van der Waals surface area contributed by atoms with Gasteiger partial charge in [0.05, 0.1) is 25.9 Å². The highest BCUT2D eigenvalue weighted by molar-refractivity contribution is 7.47. The number of ether oxygens (including phenoxy) is 3. The van der Waals surface area contributed by atoms with Gasteiger partial charge in [-0.3, -0.25) is 37.0 Å². The third-order valence-electron chi connectivity index (χ3n) is 7.66. The maximum atomic E-state index is 13.4. The standard InChI is InChI=1S/C23H26N10O13P2/c1-2-3-40-16-14-10(44-22(16)32-7-28-11-17(24)26-6-27-18(11)32)5-42-48(38,39)46-15-13(34)9(4-41-47(36,37)45-14)43-21(15)33-8-29-12-19(33)30-23(25)31-20(12)35/h1,6-10,13-16,21-22,34H,3-5H2,(H,36,37)(H,38,39)(H2,24,26,27)(H3,25,30,31,35). The molecule has 2 bridgehead atoms. The number of phosphoric acid groups is 2. The number of aromatic amines is 1. The zero-order valence-electron chi connectivity index (χ0n) is 24.2. The topological polar surface area (TPSA) is 319 Å². The molecule has 10 atom stereocenters. The fraction of sp³-hybridized carbons (Fsp3) is 0.478. The van der Waals surface area contributed by atoms with Crippen molar-refractivity contribution in [2.45, 2.75) is 49.1 Å². The molecule has 3 saturated heterocycles. The fourth-order valence-electron chi connectivity index (χ4n) is 5.60. The summed E-state index contributed by atoms with van der Waals surface area (Å²) >= 11 is 0. The molecule has 256 valence electrons. The zero-order chi connectivity index (χ0) is 34.0. The largest absolute Gasteiger partial charge is 0.472 e. The summed E-state index contributed by atoms with van der Waals surface area (Å²) in [6.45, 7) is -1.92. The molecule has 4 aromatic heterocycles. The van der Waals surface area contributed by atoms with E-state index in [1.165, 1.54) is 17.2 Å². The van der Waals surface area contributed by atoms with E-state index >= 15 is 0 Å². The predicted octanol–water partition coefficient (Wildman–Crippen LogP) is -1.68. The molecule has 7 heterocycles. The second kappa shape index (κ2) is 12.2. The van der Waals surface area contributed by atoms with Crippen LogP contribution in [0.1, 0.15) is 12.5 Å². The molecule has 0 saturated carbocycles. The van der Waals surface area contributed by atoms with Gasteiger partial charge in [-0.15, -0.1) is 6.42 Å². The summed E-state index contributed by atoms with van der Waals surface area (Å²) in [5.74, 6) is 2.06. The molecule has 7 rings (SSSR count). The lowest BCUT2D eigenvalue weighted by Crippen LogP contribution is -2.38. The van der Waals surface area contributed by atoms with Crippen molar-refractivity contribution in [2.24, 2.45) is 0 Å². The molecule has 0 aromatic carbocycles. The summed E-state index contributed by atoms with van der Waals surface area (Å²) < 4.78 is 68.3. The number of nitrogen functional groups attached to an aromatic ring is 2. The number of imidazole rings is 2. The smallest absolute Gasteiger partial charge is 0.387 e. The first-order valence-corrected chi connectivity index (χ1v) is 16.9. The van der Waals surface area contributed by atoms with Gasteiger partial charge in [0.2, 0.25) is 5.95 Å². The van der Waals surface area contributed by atoms with Gasteiger partial charge in [-0.25, -0.2) is 29.1 Å². The molecule has 48 heavy (non-hydrogen) atoms. The molecule has 3 aliphatic heterocycles. The number of nitrogens with two attached hydrogens (primary N) is 2. The number of fused-ring (bicyclic) bond motifs is 5. The Hall–Kier alpha value is -3.88. The highest BCUT2D eigenvalue weighted by Crippen LogP contribution is 2.54. The Kier molecular flexibility index (Phi) is 8.31. The molecule has 3 fully saturated rings. The van der Waals surface area contributed by atoms with Crippen LogP contribution in [-0.4, -0.2) is 110 Å². The number of terminal acetylenes is 1. The Morgan fingerprint density at radius 2 is 1.60 bits per heavy atom. The number of hydrogen-bond acceptors (Lipinski definition) is 18. The second-order valence-corrected chi connectivity index (χ2v) is 13.4. The number of nitrogens with zero attached hydrogens (tertiary/aromatic N) is 7. The number of aliphatic hydroxyl groups is 1. The van der Waals surface area contributed by atoms with Crippen molar-refractivity contribution < 1.29 is 56.3 Å². The number of rotatable bonds is 4. The van der Waals surface area contributed by atoms with Gasteiger partial charge in [0.15, 0.2) is 35.1 Å². The number of anilines is 2. The number of aliphatic hydroxyl groups excluding tert-OH is 1. The van der Waals surface area contributed by atoms with Crippen molar-refractivity contribution in [3.63, 3.8) is 0 Å². The van der Waals surface area contributed by atoms with Gasteiger partial charge in [0, 0.05) is 0 Å². The predicted molar refractivity (Wildman–Crippen MR) is 156 cm³/mol. The van der Waals surface area contributed by atoms with E-state index in [4.69, 9.17) is 50.2 Å². The Morgan fingerprint density at radius 3 is 2.33 bits per heavy atom. The molecule has 25 heteroatoms. The average molecular weight is 712 g/mol.